The van der Waals surface area contributed by atoms with Crippen molar-refractivity contribution in [3.8, 4) is 0 Å². The molecular weight excluding hydrogens is 256 g/mol. The van der Waals surface area contributed by atoms with Crippen molar-refractivity contribution in [3.63, 3.8) is 0 Å². The number of rotatable bonds is 6. The van der Waals surface area contributed by atoms with E-state index in [1.165, 1.54) is 7.11 Å². The van der Waals surface area contributed by atoms with Gasteiger partial charge in [-0.05, 0) is 40.7 Å². The second kappa shape index (κ2) is 7.38. The van der Waals surface area contributed by atoms with Gasteiger partial charge in [0.15, 0.2) is 0 Å². The van der Waals surface area contributed by atoms with Crippen LogP contribution < -0.4 is 5.32 Å². The summed E-state index contributed by atoms with van der Waals surface area (Å²) < 4.78 is 10.7. The zero-order valence-corrected chi connectivity index (χ0v) is 13.7. The van der Waals surface area contributed by atoms with E-state index in [1.54, 1.807) is 0 Å². The minimum Gasteiger partial charge on any atom is -0.468 e. The Morgan fingerprint density at radius 2 is 2.00 bits per heavy atom. The van der Waals surface area contributed by atoms with E-state index in [4.69, 9.17) is 9.47 Å². The molecule has 1 rings (SSSR count). The Morgan fingerprint density at radius 3 is 2.45 bits per heavy atom. The molecule has 1 aliphatic heterocycles. The highest BCUT2D eigenvalue weighted by Gasteiger charge is 2.37. The first-order valence-electron chi connectivity index (χ1n) is 7.55. The van der Waals surface area contributed by atoms with Gasteiger partial charge in [0.25, 0.3) is 0 Å². The molecular formula is C15H30N2O3. The molecule has 5 nitrogen and oxygen atoms in total. The van der Waals surface area contributed by atoms with Crippen LogP contribution in [0.25, 0.3) is 0 Å². The first-order valence-corrected chi connectivity index (χ1v) is 7.55. The van der Waals surface area contributed by atoms with Gasteiger partial charge < -0.3 is 14.8 Å². The Kier molecular flexibility index (Phi) is 6.43. The summed E-state index contributed by atoms with van der Waals surface area (Å²) in [7, 11) is 1.45. The van der Waals surface area contributed by atoms with Crippen LogP contribution in [0.3, 0.4) is 0 Å². The van der Waals surface area contributed by atoms with E-state index in [0.29, 0.717) is 6.04 Å². The molecule has 0 aromatic carbocycles. The van der Waals surface area contributed by atoms with Gasteiger partial charge in [0.2, 0.25) is 0 Å². The van der Waals surface area contributed by atoms with Crippen molar-refractivity contribution < 1.29 is 14.3 Å². The number of nitrogens with zero attached hydrogens (tertiary/aromatic N) is 1. The molecule has 1 aliphatic rings. The SMILES string of the molecule is CCNC(C)(CC(C)N1CC(C)OC(C)C1)C(=O)OC. The highest BCUT2D eigenvalue weighted by molar-refractivity contribution is 5.80. The summed E-state index contributed by atoms with van der Waals surface area (Å²) in [5, 5.41) is 3.27. The smallest absolute Gasteiger partial charge is 0.325 e. The molecule has 0 aromatic rings. The molecule has 1 heterocycles. The maximum Gasteiger partial charge on any atom is 0.325 e. The average Bonchev–Trinajstić information content (AvgIpc) is 2.36. The summed E-state index contributed by atoms with van der Waals surface area (Å²) in [6.07, 6.45) is 1.21. The van der Waals surface area contributed by atoms with Crippen LogP contribution in [0.4, 0.5) is 0 Å². The fourth-order valence-corrected chi connectivity index (χ4v) is 3.14. The molecule has 20 heavy (non-hydrogen) atoms. The number of carbonyl (C=O) groups excluding carboxylic acids is 1. The van der Waals surface area contributed by atoms with Crippen LogP contribution in [0.2, 0.25) is 0 Å². The first-order chi connectivity index (χ1) is 9.32. The standard InChI is InChI=1S/C15H30N2O3/c1-7-16-15(5,14(18)19-6)8-11(2)17-9-12(3)20-13(4)10-17/h11-13,16H,7-10H2,1-6H3. The van der Waals surface area contributed by atoms with Crippen LogP contribution in [0.15, 0.2) is 0 Å². The lowest BCUT2D eigenvalue weighted by Gasteiger charge is -2.41. The van der Waals surface area contributed by atoms with Crippen molar-refractivity contribution in [2.24, 2.45) is 0 Å². The number of morpholine rings is 1. The van der Waals surface area contributed by atoms with Gasteiger partial charge in [-0.3, -0.25) is 9.69 Å². The van der Waals surface area contributed by atoms with Crippen LogP contribution in [0.1, 0.15) is 41.0 Å². The number of methoxy groups -OCH3 is 1. The van der Waals surface area contributed by atoms with Crippen molar-refractivity contribution in [2.45, 2.75) is 64.8 Å². The summed E-state index contributed by atoms with van der Waals surface area (Å²) >= 11 is 0. The summed E-state index contributed by atoms with van der Waals surface area (Å²) in [4.78, 5) is 14.4. The molecule has 1 N–H and O–H groups in total. The molecule has 118 valence electrons. The van der Waals surface area contributed by atoms with Crippen LogP contribution >= 0.6 is 0 Å². The third-order valence-electron chi connectivity index (χ3n) is 3.98. The Labute approximate surface area is 123 Å². The summed E-state index contributed by atoms with van der Waals surface area (Å²) in [5.41, 5.74) is -0.631. The van der Waals surface area contributed by atoms with Gasteiger partial charge in [0, 0.05) is 19.1 Å². The minimum atomic E-state index is -0.631. The molecule has 0 spiro atoms. The fourth-order valence-electron chi connectivity index (χ4n) is 3.14. The van der Waals surface area contributed by atoms with E-state index < -0.39 is 5.54 Å². The zero-order chi connectivity index (χ0) is 15.3. The molecule has 4 unspecified atom stereocenters. The molecule has 0 amide bonds. The number of carbonyl (C=O) groups is 1. The van der Waals surface area contributed by atoms with Gasteiger partial charge in [0.1, 0.15) is 5.54 Å². The normalized spacial score (nSPS) is 28.7. The van der Waals surface area contributed by atoms with Gasteiger partial charge in [-0.15, -0.1) is 0 Å². The summed E-state index contributed by atoms with van der Waals surface area (Å²) in [5.74, 6) is -0.194. The Bertz CT molecular complexity index is 314. The van der Waals surface area contributed by atoms with E-state index in [1.807, 2.05) is 13.8 Å². The van der Waals surface area contributed by atoms with E-state index in [2.05, 4.69) is 31.0 Å². The van der Waals surface area contributed by atoms with Crippen molar-refractivity contribution >= 4 is 5.97 Å². The molecule has 0 saturated carbocycles. The molecule has 0 radical (unpaired) electrons. The van der Waals surface area contributed by atoms with Gasteiger partial charge in [0.05, 0.1) is 19.3 Å². The van der Waals surface area contributed by atoms with E-state index in [9.17, 15) is 4.79 Å². The van der Waals surface area contributed by atoms with Crippen LogP contribution in [-0.4, -0.2) is 61.4 Å². The molecule has 0 aromatic heterocycles. The first kappa shape index (κ1) is 17.4. The summed E-state index contributed by atoms with van der Waals surface area (Å²) in [6.45, 7) is 12.9. The van der Waals surface area contributed by atoms with E-state index in [0.717, 1.165) is 26.1 Å². The van der Waals surface area contributed by atoms with Crippen molar-refractivity contribution in [2.75, 3.05) is 26.7 Å². The van der Waals surface area contributed by atoms with E-state index >= 15 is 0 Å². The fraction of sp³-hybridized carbons (Fsp3) is 0.933. The van der Waals surface area contributed by atoms with E-state index in [-0.39, 0.29) is 18.2 Å². The number of hydrogen-bond acceptors (Lipinski definition) is 5. The number of likely N-dealkylation sites (N-methyl/N-ethyl adjacent to an activating group) is 1. The molecule has 1 fully saturated rings. The topological polar surface area (TPSA) is 50.8 Å². The van der Waals surface area contributed by atoms with Crippen LogP contribution in [0, 0.1) is 0 Å². The lowest BCUT2D eigenvalue weighted by atomic mass is 9.92. The maximum atomic E-state index is 12.0. The number of hydrogen-bond donors (Lipinski definition) is 1. The van der Waals surface area contributed by atoms with Crippen LogP contribution in [-0.2, 0) is 14.3 Å². The molecule has 1 saturated heterocycles. The predicted molar refractivity (Wildman–Crippen MR) is 79.8 cm³/mol. The molecule has 0 bridgehead atoms. The Morgan fingerprint density at radius 1 is 1.45 bits per heavy atom. The lowest BCUT2D eigenvalue weighted by Crippen LogP contribution is -2.56. The molecule has 4 atom stereocenters. The quantitative estimate of drug-likeness (QED) is 0.748. The summed E-state index contributed by atoms with van der Waals surface area (Å²) in [6, 6.07) is 0.298. The van der Waals surface area contributed by atoms with Crippen molar-refractivity contribution in [3.05, 3.63) is 0 Å². The Balaban J connectivity index is 2.70. The predicted octanol–water partition coefficient (Wildman–Crippen LogP) is 1.42. The highest BCUT2D eigenvalue weighted by Crippen LogP contribution is 2.21. The van der Waals surface area contributed by atoms with Gasteiger partial charge in [-0.2, -0.15) is 0 Å². The lowest BCUT2D eigenvalue weighted by molar-refractivity contribution is -0.149. The third-order valence-corrected chi connectivity index (χ3v) is 3.98. The zero-order valence-electron chi connectivity index (χ0n) is 13.7. The average molecular weight is 286 g/mol. The molecule has 0 aliphatic carbocycles. The largest absolute Gasteiger partial charge is 0.468 e. The minimum absolute atomic E-state index is 0.194. The second-order valence-corrected chi connectivity index (χ2v) is 6.12. The van der Waals surface area contributed by atoms with Gasteiger partial charge in [-0.25, -0.2) is 0 Å². The number of nitrogens with one attached hydrogen (secondary N) is 1. The Hall–Kier alpha value is -0.650. The van der Waals surface area contributed by atoms with Gasteiger partial charge in [-0.1, -0.05) is 6.92 Å². The monoisotopic (exact) mass is 286 g/mol. The van der Waals surface area contributed by atoms with Crippen LogP contribution in [0.5, 0.6) is 0 Å². The second-order valence-electron chi connectivity index (χ2n) is 6.12. The van der Waals surface area contributed by atoms with Crippen molar-refractivity contribution in [1.82, 2.24) is 10.2 Å². The van der Waals surface area contributed by atoms with Crippen molar-refractivity contribution in [1.29, 1.82) is 0 Å². The maximum absolute atomic E-state index is 12.0. The third kappa shape index (κ3) is 4.43. The highest BCUT2D eigenvalue weighted by atomic mass is 16.5. The number of ether oxygens (including phenoxy) is 2. The number of esters is 1. The molecule has 5 heteroatoms. The van der Waals surface area contributed by atoms with Gasteiger partial charge >= 0.3 is 5.97 Å².